The molecular weight excluding hydrogens is 294 g/mol. The molecule has 2 rings (SSSR count). The molecule has 1 atom stereocenters. The Hall–Kier alpha value is -1.03. The Balaban J connectivity index is 2.59. The summed E-state index contributed by atoms with van der Waals surface area (Å²) in [6.45, 7) is 6.22. The lowest BCUT2D eigenvalue weighted by Gasteiger charge is -2.33. The molecule has 0 bridgehead atoms. The second-order valence-electron chi connectivity index (χ2n) is 4.91. The monoisotopic (exact) mass is 311 g/mol. The van der Waals surface area contributed by atoms with Gasteiger partial charge in [-0.1, -0.05) is 36.7 Å². The third-order valence-electron chi connectivity index (χ3n) is 3.28. The number of fused-ring (bicyclic) bond motifs is 1. The lowest BCUT2D eigenvalue weighted by Crippen LogP contribution is -2.43. The number of carbonyl (C=O) groups excluding carboxylic acids is 1. The van der Waals surface area contributed by atoms with Crippen LogP contribution in [0, 0.1) is 0 Å². The molecule has 1 aliphatic rings. The largest absolute Gasteiger partial charge is 0.478 e. The predicted octanol–water partition coefficient (Wildman–Crippen LogP) is 3.71. The van der Waals surface area contributed by atoms with Crippen molar-refractivity contribution in [1.82, 2.24) is 0 Å². The first-order chi connectivity index (χ1) is 8.45. The Morgan fingerprint density at radius 1 is 1.44 bits per heavy atom. The van der Waals surface area contributed by atoms with Crippen LogP contribution in [0.25, 0.3) is 0 Å². The molecule has 98 valence electrons. The number of rotatable bonds is 2. The Kier molecular flexibility index (Phi) is 3.66. The lowest BCUT2D eigenvalue weighted by atomic mass is 9.99. The molecule has 1 aromatic rings. The summed E-state index contributed by atoms with van der Waals surface area (Å²) in [5.74, 6) is 1.23. The van der Waals surface area contributed by atoms with E-state index in [0.29, 0.717) is 12.3 Å². The SMILES string of the molecule is CCC1Oc2c(C(C)C)cc(Br)cc2N(C)C1=O. The van der Waals surface area contributed by atoms with Gasteiger partial charge in [0.25, 0.3) is 5.91 Å². The van der Waals surface area contributed by atoms with E-state index in [1.807, 2.05) is 20.0 Å². The van der Waals surface area contributed by atoms with Gasteiger partial charge < -0.3 is 9.64 Å². The molecule has 3 nitrogen and oxygen atoms in total. The van der Waals surface area contributed by atoms with Gasteiger partial charge in [0.15, 0.2) is 6.10 Å². The number of ether oxygens (including phenoxy) is 1. The van der Waals surface area contributed by atoms with Gasteiger partial charge in [0.2, 0.25) is 0 Å². The van der Waals surface area contributed by atoms with Crippen LogP contribution in [0.3, 0.4) is 0 Å². The van der Waals surface area contributed by atoms with E-state index in [4.69, 9.17) is 4.74 Å². The maximum Gasteiger partial charge on any atom is 0.267 e. The molecule has 1 aliphatic heterocycles. The zero-order valence-electron chi connectivity index (χ0n) is 11.2. The van der Waals surface area contributed by atoms with Gasteiger partial charge in [0.05, 0.1) is 5.69 Å². The van der Waals surface area contributed by atoms with E-state index in [2.05, 4.69) is 35.8 Å². The quantitative estimate of drug-likeness (QED) is 0.833. The third-order valence-corrected chi connectivity index (χ3v) is 3.74. The number of hydrogen-bond acceptors (Lipinski definition) is 2. The molecule has 0 aromatic heterocycles. The van der Waals surface area contributed by atoms with Gasteiger partial charge in [-0.05, 0) is 24.5 Å². The fourth-order valence-corrected chi connectivity index (χ4v) is 2.66. The fourth-order valence-electron chi connectivity index (χ4n) is 2.19. The molecule has 0 aliphatic carbocycles. The maximum absolute atomic E-state index is 12.1. The molecular formula is C14H18BrNO2. The molecule has 0 saturated heterocycles. The smallest absolute Gasteiger partial charge is 0.267 e. The average molecular weight is 312 g/mol. The van der Waals surface area contributed by atoms with E-state index >= 15 is 0 Å². The first-order valence-electron chi connectivity index (χ1n) is 6.23. The molecule has 1 amide bonds. The predicted molar refractivity (Wildman–Crippen MR) is 76.3 cm³/mol. The summed E-state index contributed by atoms with van der Waals surface area (Å²) < 4.78 is 6.87. The molecule has 0 radical (unpaired) electrons. The molecule has 0 spiro atoms. The van der Waals surface area contributed by atoms with E-state index in [9.17, 15) is 4.79 Å². The number of anilines is 1. The second-order valence-corrected chi connectivity index (χ2v) is 5.83. The van der Waals surface area contributed by atoms with E-state index < -0.39 is 0 Å². The molecule has 1 unspecified atom stereocenters. The van der Waals surface area contributed by atoms with Crippen LogP contribution >= 0.6 is 15.9 Å². The third kappa shape index (κ3) is 2.14. The van der Waals surface area contributed by atoms with Crippen molar-refractivity contribution in [2.75, 3.05) is 11.9 Å². The van der Waals surface area contributed by atoms with E-state index in [0.717, 1.165) is 21.5 Å². The molecule has 0 saturated carbocycles. The number of benzene rings is 1. The van der Waals surface area contributed by atoms with E-state index in [1.54, 1.807) is 4.90 Å². The summed E-state index contributed by atoms with van der Waals surface area (Å²) in [6.07, 6.45) is 0.331. The second kappa shape index (κ2) is 4.92. The van der Waals surface area contributed by atoms with Crippen molar-refractivity contribution < 1.29 is 9.53 Å². The standard InChI is InChI=1S/C14H18BrNO2/c1-5-12-14(17)16(4)11-7-9(15)6-10(8(2)3)13(11)18-12/h6-8,12H,5H2,1-4H3. The first kappa shape index (κ1) is 13.4. The van der Waals surface area contributed by atoms with Gasteiger partial charge in [0.1, 0.15) is 5.75 Å². The van der Waals surface area contributed by atoms with Crippen molar-refractivity contribution in [2.45, 2.75) is 39.2 Å². The first-order valence-corrected chi connectivity index (χ1v) is 7.02. The van der Waals surface area contributed by atoms with Gasteiger partial charge >= 0.3 is 0 Å². The zero-order valence-corrected chi connectivity index (χ0v) is 12.7. The minimum Gasteiger partial charge on any atom is -0.478 e. The van der Waals surface area contributed by atoms with Gasteiger partial charge in [-0.25, -0.2) is 0 Å². The minimum absolute atomic E-state index is 0.0257. The highest BCUT2D eigenvalue weighted by Gasteiger charge is 2.33. The molecule has 0 fully saturated rings. The summed E-state index contributed by atoms with van der Waals surface area (Å²) in [5, 5.41) is 0. The fraction of sp³-hybridized carbons (Fsp3) is 0.500. The molecule has 1 aromatic carbocycles. The highest BCUT2D eigenvalue weighted by molar-refractivity contribution is 9.10. The summed E-state index contributed by atoms with van der Waals surface area (Å²) in [4.78, 5) is 13.8. The van der Waals surface area contributed by atoms with Crippen LogP contribution in [0.15, 0.2) is 16.6 Å². The van der Waals surface area contributed by atoms with Gasteiger partial charge in [0, 0.05) is 17.1 Å². The van der Waals surface area contributed by atoms with Crippen molar-refractivity contribution in [2.24, 2.45) is 0 Å². The van der Waals surface area contributed by atoms with Crippen LogP contribution in [0.2, 0.25) is 0 Å². The number of amides is 1. The van der Waals surface area contributed by atoms with Crippen LogP contribution in [-0.2, 0) is 4.79 Å². The number of hydrogen-bond donors (Lipinski definition) is 0. The summed E-state index contributed by atoms with van der Waals surface area (Å²) in [7, 11) is 1.81. The van der Waals surface area contributed by atoms with Crippen LogP contribution in [0.1, 0.15) is 38.7 Å². The van der Waals surface area contributed by atoms with Crippen molar-refractivity contribution in [1.29, 1.82) is 0 Å². The zero-order chi connectivity index (χ0) is 13.4. The van der Waals surface area contributed by atoms with Crippen molar-refractivity contribution in [3.63, 3.8) is 0 Å². The number of carbonyl (C=O) groups is 1. The van der Waals surface area contributed by atoms with Crippen molar-refractivity contribution in [3.8, 4) is 5.75 Å². The molecule has 4 heteroatoms. The summed E-state index contributed by atoms with van der Waals surface area (Å²) >= 11 is 3.50. The number of halogens is 1. The molecule has 0 N–H and O–H groups in total. The lowest BCUT2D eigenvalue weighted by molar-refractivity contribution is -0.126. The highest BCUT2D eigenvalue weighted by Crippen LogP contribution is 2.42. The number of likely N-dealkylation sites (N-methyl/N-ethyl adjacent to an activating group) is 1. The van der Waals surface area contributed by atoms with Crippen molar-refractivity contribution in [3.05, 3.63) is 22.2 Å². The Bertz CT molecular complexity index is 485. The van der Waals surface area contributed by atoms with Crippen LogP contribution in [0.4, 0.5) is 5.69 Å². The summed E-state index contributed by atoms with van der Waals surface area (Å²) in [6, 6.07) is 4.00. The Morgan fingerprint density at radius 2 is 2.11 bits per heavy atom. The maximum atomic E-state index is 12.1. The van der Waals surface area contributed by atoms with Crippen LogP contribution in [0.5, 0.6) is 5.75 Å². The highest BCUT2D eigenvalue weighted by atomic mass is 79.9. The van der Waals surface area contributed by atoms with Crippen molar-refractivity contribution >= 4 is 27.5 Å². The molecule has 18 heavy (non-hydrogen) atoms. The molecule has 1 heterocycles. The van der Waals surface area contributed by atoms with E-state index in [-0.39, 0.29) is 12.0 Å². The average Bonchev–Trinajstić information content (AvgIpc) is 2.33. The van der Waals surface area contributed by atoms with Crippen LogP contribution < -0.4 is 9.64 Å². The van der Waals surface area contributed by atoms with Gasteiger partial charge in [-0.2, -0.15) is 0 Å². The Labute approximate surface area is 116 Å². The Morgan fingerprint density at radius 3 is 2.67 bits per heavy atom. The topological polar surface area (TPSA) is 29.5 Å². The summed E-state index contributed by atoms with van der Waals surface area (Å²) in [5.41, 5.74) is 1.99. The van der Waals surface area contributed by atoms with Gasteiger partial charge in [-0.3, -0.25) is 4.79 Å². The normalized spacial score (nSPS) is 18.9. The van der Waals surface area contributed by atoms with E-state index in [1.165, 1.54) is 0 Å². The minimum atomic E-state index is -0.360. The number of nitrogens with zero attached hydrogens (tertiary/aromatic N) is 1. The van der Waals surface area contributed by atoms with Gasteiger partial charge in [-0.15, -0.1) is 0 Å². The van der Waals surface area contributed by atoms with Crippen LogP contribution in [-0.4, -0.2) is 19.1 Å².